The van der Waals surface area contributed by atoms with E-state index in [0.717, 1.165) is 0 Å². The Morgan fingerprint density at radius 3 is 1.62 bits per heavy atom. The van der Waals surface area contributed by atoms with E-state index >= 15 is 0 Å². The zero-order valence-corrected chi connectivity index (χ0v) is 11.6. The fourth-order valence-electron chi connectivity index (χ4n) is 0.503. The van der Waals surface area contributed by atoms with E-state index in [2.05, 4.69) is 0 Å². The van der Waals surface area contributed by atoms with Crippen LogP contribution in [0.2, 0.25) is 0 Å². The summed E-state index contributed by atoms with van der Waals surface area (Å²) in [5.74, 6) is 0. The van der Waals surface area contributed by atoms with Gasteiger partial charge in [-0.25, -0.2) is 0 Å². The molecule has 0 aromatic carbocycles. The molecule has 0 aliphatic rings. The molecule has 0 saturated carbocycles. The SMILES string of the molecule is COCC[O][Al]([O-])[O]CCOC.[Na+]. The maximum Gasteiger partial charge on any atom is 1.00 e. The van der Waals surface area contributed by atoms with Crippen LogP contribution in [0.4, 0.5) is 0 Å². The van der Waals surface area contributed by atoms with Crippen LogP contribution in [0.1, 0.15) is 0 Å². The summed E-state index contributed by atoms with van der Waals surface area (Å²) in [6.07, 6.45) is 0. The predicted octanol–water partition coefficient (Wildman–Crippen LogP) is -4.34. The summed E-state index contributed by atoms with van der Waals surface area (Å²) in [4.78, 5) is 0. The van der Waals surface area contributed by atoms with Gasteiger partial charge in [-0.3, -0.25) is 0 Å². The van der Waals surface area contributed by atoms with E-state index in [-0.39, 0.29) is 29.6 Å². The van der Waals surface area contributed by atoms with Gasteiger partial charge in [0.2, 0.25) is 0 Å². The van der Waals surface area contributed by atoms with Crippen LogP contribution >= 0.6 is 0 Å². The van der Waals surface area contributed by atoms with Crippen LogP contribution in [0.25, 0.3) is 0 Å². The quantitative estimate of drug-likeness (QED) is 0.303. The van der Waals surface area contributed by atoms with Crippen molar-refractivity contribution in [2.24, 2.45) is 0 Å². The van der Waals surface area contributed by atoms with Crippen LogP contribution in [-0.2, 0) is 17.1 Å². The van der Waals surface area contributed by atoms with Crippen molar-refractivity contribution in [1.29, 1.82) is 0 Å². The standard InChI is InChI=1S/2C3H7O2.Al.Na.O/c2*1-5-3-2-4;;;/h2*2-3H2,1H3;;;/q2*-1;+2;+1;-1. The molecule has 0 radical (unpaired) electrons. The van der Waals surface area contributed by atoms with E-state index in [1.807, 2.05) is 0 Å². The second kappa shape index (κ2) is 13.3. The predicted molar refractivity (Wildman–Crippen MR) is 41.4 cm³/mol. The summed E-state index contributed by atoms with van der Waals surface area (Å²) < 4.78 is 29.9. The van der Waals surface area contributed by atoms with Crippen molar-refractivity contribution < 1.29 is 50.8 Å². The van der Waals surface area contributed by atoms with E-state index < -0.39 is 15.1 Å². The van der Waals surface area contributed by atoms with Crippen molar-refractivity contribution >= 4 is 15.1 Å². The van der Waals surface area contributed by atoms with Crippen molar-refractivity contribution in [2.75, 3.05) is 40.6 Å². The zero-order chi connectivity index (χ0) is 9.23. The first-order valence-corrected chi connectivity index (χ1v) is 5.09. The molecule has 0 saturated heterocycles. The van der Waals surface area contributed by atoms with Gasteiger partial charge < -0.3 is 21.2 Å². The Kier molecular flexibility index (Phi) is 17.2. The Balaban J connectivity index is 0. The molecule has 0 heterocycles. The molecule has 0 spiro atoms. The molecule has 0 aliphatic carbocycles. The van der Waals surface area contributed by atoms with Gasteiger partial charge in [0.05, 0.1) is 13.2 Å². The number of hydrogen-bond acceptors (Lipinski definition) is 5. The Morgan fingerprint density at radius 1 is 0.923 bits per heavy atom. The van der Waals surface area contributed by atoms with Crippen molar-refractivity contribution in [3.05, 3.63) is 0 Å². The van der Waals surface area contributed by atoms with Gasteiger partial charge in [0.15, 0.2) is 0 Å². The van der Waals surface area contributed by atoms with Gasteiger partial charge in [0.1, 0.15) is 0 Å². The normalized spacial score (nSPS) is 9.46. The Bertz CT molecular complexity index is 87.1. The largest absolute Gasteiger partial charge is 1.00 e. The Labute approximate surface area is 106 Å². The van der Waals surface area contributed by atoms with Crippen molar-refractivity contribution in [3.8, 4) is 0 Å². The minimum atomic E-state index is -2.68. The molecule has 5 nitrogen and oxygen atoms in total. The molecule has 0 aliphatic heterocycles. The maximum atomic E-state index is 10.9. The van der Waals surface area contributed by atoms with Crippen molar-refractivity contribution in [3.63, 3.8) is 0 Å². The van der Waals surface area contributed by atoms with E-state index in [1.54, 1.807) is 14.2 Å². The number of ether oxygens (including phenoxy) is 2. The van der Waals surface area contributed by atoms with E-state index in [4.69, 9.17) is 17.1 Å². The molecule has 0 N–H and O–H groups in total. The second-order valence-electron chi connectivity index (χ2n) is 2.02. The molecule has 0 aromatic rings. The molecule has 0 aromatic heterocycles. The topological polar surface area (TPSA) is 60.0 Å². The summed E-state index contributed by atoms with van der Waals surface area (Å²) in [5, 5.41) is 0. The van der Waals surface area contributed by atoms with Gasteiger partial charge in [-0.15, -0.1) is 0 Å². The van der Waals surface area contributed by atoms with E-state index in [0.29, 0.717) is 26.4 Å². The first-order chi connectivity index (χ1) is 5.81. The summed E-state index contributed by atoms with van der Waals surface area (Å²) in [5.41, 5.74) is 0. The molecule has 0 unspecified atom stereocenters. The summed E-state index contributed by atoms with van der Waals surface area (Å²) in [7, 11) is 3.10. The summed E-state index contributed by atoms with van der Waals surface area (Å²) in [6, 6.07) is 0. The third-order valence-corrected chi connectivity index (χ3v) is 2.10. The van der Waals surface area contributed by atoms with Crippen LogP contribution in [-0.4, -0.2) is 55.8 Å². The average Bonchev–Trinajstić information content (AvgIpc) is 2.06. The number of rotatable bonds is 8. The van der Waals surface area contributed by atoms with E-state index in [1.165, 1.54) is 0 Å². The molecule has 0 bridgehead atoms. The molecule has 0 atom stereocenters. The summed E-state index contributed by atoms with van der Waals surface area (Å²) in [6.45, 7) is 1.48. The van der Waals surface area contributed by atoms with Crippen LogP contribution in [0.3, 0.4) is 0 Å². The van der Waals surface area contributed by atoms with Crippen LogP contribution in [0.5, 0.6) is 0 Å². The average molecular weight is 216 g/mol. The van der Waals surface area contributed by atoms with Gasteiger partial charge in [-0.1, -0.05) is 0 Å². The fraction of sp³-hybridized carbons (Fsp3) is 1.00. The van der Waals surface area contributed by atoms with Gasteiger partial charge >= 0.3 is 44.7 Å². The third kappa shape index (κ3) is 13.3. The van der Waals surface area contributed by atoms with E-state index in [9.17, 15) is 4.16 Å². The van der Waals surface area contributed by atoms with Gasteiger partial charge in [-0.2, -0.15) is 0 Å². The molecule has 0 amide bonds. The molecule has 7 heteroatoms. The first kappa shape index (κ1) is 16.8. The first-order valence-electron chi connectivity index (χ1n) is 3.68. The molecule has 0 fully saturated rings. The number of hydrogen-bond donors (Lipinski definition) is 0. The molecular formula is C6H14AlNaO5. The molecule has 13 heavy (non-hydrogen) atoms. The molecular weight excluding hydrogens is 202 g/mol. The Hall–Kier alpha value is 1.33. The second-order valence-corrected chi connectivity index (χ2v) is 3.26. The van der Waals surface area contributed by atoms with Gasteiger partial charge in [-0.05, 0) is 0 Å². The van der Waals surface area contributed by atoms with Crippen molar-refractivity contribution in [1.82, 2.24) is 0 Å². The Morgan fingerprint density at radius 2 is 1.31 bits per heavy atom. The zero-order valence-electron chi connectivity index (χ0n) is 8.45. The third-order valence-electron chi connectivity index (χ3n) is 1.08. The maximum absolute atomic E-state index is 10.9. The fourth-order valence-corrected chi connectivity index (χ4v) is 1.18. The number of methoxy groups -OCH3 is 2. The van der Waals surface area contributed by atoms with Crippen LogP contribution in [0, 0.1) is 0 Å². The van der Waals surface area contributed by atoms with Gasteiger partial charge in [0.25, 0.3) is 0 Å². The molecule has 0 rings (SSSR count). The minimum Gasteiger partial charge on any atom is -0.847 e. The monoisotopic (exact) mass is 216 g/mol. The summed E-state index contributed by atoms with van der Waals surface area (Å²) >= 11 is -2.68. The smallest absolute Gasteiger partial charge is 0.847 e. The van der Waals surface area contributed by atoms with Crippen molar-refractivity contribution in [2.45, 2.75) is 0 Å². The van der Waals surface area contributed by atoms with Crippen LogP contribution in [0.15, 0.2) is 0 Å². The molecule has 72 valence electrons. The van der Waals surface area contributed by atoms with Crippen LogP contribution < -0.4 is 33.7 Å². The van der Waals surface area contributed by atoms with Gasteiger partial charge in [0, 0.05) is 27.4 Å². The minimum absolute atomic E-state index is 0.